The fraction of sp³-hybridized carbons (Fsp3) is 0.0755. The van der Waals surface area contributed by atoms with E-state index in [0.29, 0.717) is 0 Å². The number of pyridine rings is 1. The summed E-state index contributed by atoms with van der Waals surface area (Å²) >= 11 is 0. The Hall–Kier alpha value is -6.57. The summed E-state index contributed by atoms with van der Waals surface area (Å²) in [6, 6.07) is 61.9. The van der Waals surface area contributed by atoms with Crippen LogP contribution in [0, 0.1) is 20.8 Å². The third kappa shape index (κ3) is 6.39. The van der Waals surface area contributed by atoms with Crippen molar-refractivity contribution < 1.29 is 0 Å². The minimum Gasteiger partial charge on any atom is -0.247 e. The standard InChI is InChI=1S/C53H41N/c1-35-15-19-42-24-23-39(37(3)50(42)33-35)10-8-9-38-17-21-40(22-18-38)46-11-4-6-13-48(46)49-14-7-5-12-47(49)41-25-28-44(29-26-41)52-32-31-45-30-27-43-20-16-36(2)34-51(43)53(45)54-52/h4-8,10-34H,9H2,1-3H3/b10-8-. The highest BCUT2D eigenvalue weighted by Gasteiger charge is 2.13. The van der Waals surface area contributed by atoms with Crippen molar-refractivity contribution in [3.8, 4) is 44.6 Å². The highest BCUT2D eigenvalue weighted by atomic mass is 14.7. The molecule has 1 heteroatoms. The van der Waals surface area contributed by atoms with Crippen molar-refractivity contribution in [1.29, 1.82) is 0 Å². The molecule has 0 fully saturated rings. The van der Waals surface area contributed by atoms with Crippen LogP contribution in [0.25, 0.3) is 83.2 Å². The number of allylic oxidation sites excluding steroid dienone is 1. The van der Waals surface area contributed by atoms with Gasteiger partial charge in [0.2, 0.25) is 0 Å². The van der Waals surface area contributed by atoms with Crippen LogP contribution >= 0.6 is 0 Å². The maximum absolute atomic E-state index is 5.18. The number of nitrogens with zero attached hydrogens (tertiary/aromatic N) is 1. The molecule has 0 amide bonds. The Morgan fingerprint density at radius 2 is 0.944 bits per heavy atom. The van der Waals surface area contributed by atoms with Crippen molar-refractivity contribution in [2.75, 3.05) is 0 Å². The first-order valence-corrected chi connectivity index (χ1v) is 18.8. The van der Waals surface area contributed by atoms with Crippen LogP contribution in [0.3, 0.4) is 0 Å². The highest BCUT2D eigenvalue weighted by Crippen LogP contribution is 2.39. The van der Waals surface area contributed by atoms with Gasteiger partial charge in [-0.1, -0.05) is 181 Å². The second kappa shape index (κ2) is 14.1. The molecular weight excluding hydrogens is 651 g/mol. The number of aromatic nitrogens is 1. The van der Waals surface area contributed by atoms with Gasteiger partial charge in [0, 0.05) is 16.3 Å². The van der Waals surface area contributed by atoms with Gasteiger partial charge in [0.15, 0.2) is 0 Å². The number of hydrogen-bond acceptors (Lipinski definition) is 1. The smallest absolute Gasteiger partial charge is 0.0787 e. The summed E-state index contributed by atoms with van der Waals surface area (Å²) in [5, 5.41) is 6.21. The third-order valence-corrected chi connectivity index (χ3v) is 10.9. The van der Waals surface area contributed by atoms with Crippen LogP contribution in [-0.4, -0.2) is 4.98 Å². The average Bonchev–Trinajstić information content (AvgIpc) is 3.22. The van der Waals surface area contributed by atoms with Crippen LogP contribution in [0.15, 0.2) is 176 Å². The van der Waals surface area contributed by atoms with E-state index in [1.165, 1.54) is 82.7 Å². The fourth-order valence-electron chi connectivity index (χ4n) is 7.86. The highest BCUT2D eigenvalue weighted by molar-refractivity contribution is 6.06. The molecule has 0 N–H and O–H groups in total. The number of fused-ring (bicyclic) bond motifs is 4. The molecule has 0 saturated carbocycles. The summed E-state index contributed by atoms with van der Waals surface area (Å²) in [4.78, 5) is 5.18. The number of benzene rings is 8. The molecule has 0 bridgehead atoms. The van der Waals surface area contributed by atoms with Gasteiger partial charge >= 0.3 is 0 Å². The van der Waals surface area contributed by atoms with Gasteiger partial charge in [-0.3, -0.25) is 0 Å². The van der Waals surface area contributed by atoms with E-state index in [4.69, 9.17) is 4.98 Å². The van der Waals surface area contributed by atoms with Gasteiger partial charge in [0.05, 0.1) is 11.2 Å². The molecular formula is C53H41N. The van der Waals surface area contributed by atoms with Crippen molar-refractivity contribution >= 4 is 38.5 Å². The Morgan fingerprint density at radius 3 is 1.61 bits per heavy atom. The molecule has 54 heavy (non-hydrogen) atoms. The minimum absolute atomic E-state index is 0.886. The molecule has 258 valence electrons. The van der Waals surface area contributed by atoms with Gasteiger partial charge < -0.3 is 0 Å². The quantitative estimate of drug-likeness (QED) is 0.152. The van der Waals surface area contributed by atoms with Crippen LogP contribution in [0.5, 0.6) is 0 Å². The van der Waals surface area contributed by atoms with Crippen LogP contribution in [-0.2, 0) is 6.42 Å². The lowest BCUT2D eigenvalue weighted by atomic mass is 9.89. The van der Waals surface area contributed by atoms with E-state index >= 15 is 0 Å². The first-order valence-electron chi connectivity index (χ1n) is 18.8. The Morgan fingerprint density at radius 1 is 0.444 bits per heavy atom. The molecule has 9 aromatic rings. The van der Waals surface area contributed by atoms with Gasteiger partial charge in [-0.05, 0) is 106 Å². The van der Waals surface area contributed by atoms with Crippen molar-refractivity contribution in [2.45, 2.75) is 27.2 Å². The molecule has 0 radical (unpaired) electrons. The maximum atomic E-state index is 5.18. The van der Waals surface area contributed by atoms with Crippen molar-refractivity contribution in [2.24, 2.45) is 0 Å². The van der Waals surface area contributed by atoms with Crippen molar-refractivity contribution in [1.82, 2.24) is 4.98 Å². The third-order valence-electron chi connectivity index (χ3n) is 10.9. The van der Waals surface area contributed by atoms with Gasteiger partial charge in [-0.15, -0.1) is 0 Å². The summed E-state index contributed by atoms with van der Waals surface area (Å²) in [6.45, 7) is 6.53. The molecule has 1 heterocycles. The molecule has 0 atom stereocenters. The first kappa shape index (κ1) is 33.3. The van der Waals surface area contributed by atoms with E-state index in [9.17, 15) is 0 Å². The van der Waals surface area contributed by atoms with Gasteiger partial charge in [0.1, 0.15) is 0 Å². The van der Waals surface area contributed by atoms with E-state index in [1.807, 2.05) is 0 Å². The molecule has 0 unspecified atom stereocenters. The Bertz CT molecular complexity index is 2860. The fourth-order valence-corrected chi connectivity index (χ4v) is 7.86. The molecule has 0 saturated heterocycles. The topological polar surface area (TPSA) is 12.9 Å². The monoisotopic (exact) mass is 691 g/mol. The Balaban J connectivity index is 0.977. The molecule has 9 rings (SSSR count). The van der Waals surface area contributed by atoms with Crippen molar-refractivity contribution in [3.63, 3.8) is 0 Å². The average molecular weight is 692 g/mol. The second-order valence-electron chi connectivity index (χ2n) is 14.5. The molecule has 8 aromatic carbocycles. The summed E-state index contributed by atoms with van der Waals surface area (Å²) in [5.41, 5.74) is 16.9. The molecule has 0 spiro atoms. The number of aryl methyl sites for hydroxylation is 3. The normalized spacial score (nSPS) is 11.6. The van der Waals surface area contributed by atoms with Crippen LogP contribution < -0.4 is 0 Å². The minimum atomic E-state index is 0.886. The zero-order valence-electron chi connectivity index (χ0n) is 31.0. The molecule has 1 nitrogen and oxygen atoms in total. The maximum Gasteiger partial charge on any atom is 0.0787 e. The summed E-state index contributed by atoms with van der Waals surface area (Å²) < 4.78 is 0. The SMILES string of the molecule is Cc1ccc2ccc(/C=C\Cc3ccc(-c4ccccc4-c4ccccc4-c4ccc(-c5ccc6ccc7ccc(C)cc7c6n5)cc4)cc3)c(C)c2c1. The lowest BCUT2D eigenvalue weighted by Crippen LogP contribution is -1.90. The molecule has 0 aliphatic carbocycles. The van der Waals surface area contributed by atoms with Gasteiger partial charge in [0.25, 0.3) is 0 Å². The molecule has 0 aliphatic heterocycles. The lowest BCUT2D eigenvalue weighted by molar-refractivity contribution is 1.28. The Labute approximate surface area is 317 Å². The van der Waals surface area contributed by atoms with Gasteiger partial charge in [-0.25, -0.2) is 4.98 Å². The van der Waals surface area contributed by atoms with E-state index in [0.717, 1.165) is 28.6 Å². The predicted octanol–water partition coefficient (Wildman–Crippen LogP) is 14.4. The summed E-state index contributed by atoms with van der Waals surface area (Å²) in [5.74, 6) is 0. The molecule has 1 aromatic heterocycles. The zero-order valence-corrected chi connectivity index (χ0v) is 31.0. The predicted molar refractivity (Wildman–Crippen MR) is 232 cm³/mol. The second-order valence-corrected chi connectivity index (χ2v) is 14.5. The Kier molecular flexibility index (Phi) is 8.69. The first-order chi connectivity index (χ1) is 26.5. The lowest BCUT2D eigenvalue weighted by Gasteiger charge is -2.15. The largest absolute Gasteiger partial charge is 0.247 e. The van der Waals surface area contributed by atoms with E-state index in [2.05, 4.69) is 203 Å². The van der Waals surface area contributed by atoms with Crippen LogP contribution in [0.2, 0.25) is 0 Å². The van der Waals surface area contributed by atoms with Crippen molar-refractivity contribution in [3.05, 3.63) is 204 Å². The van der Waals surface area contributed by atoms with E-state index in [1.54, 1.807) is 0 Å². The molecule has 0 aliphatic rings. The van der Waals surface area contributed by atoms with Gasteiger partial charge in [-0.2, -0.15) is 0 Å². The van der Waals surface area contributed by atoms with E-state index < -0.39 is 0 Å². The summed E-state index contributed by atoms with van der Waals surface area (Å²) in [6.07, 6.45) is 5.44. The van der Waals surface area contributed by atoms with E-state index in [-0.39, 0.29) is 0 Å². The zero-order chi connectivity index (χ0) is 36.6. The number of rotatable bonds is 7. The summed E-state index contributed by atoms with van der Waals surface area (Å²) in [7, 11) is 0. The van der Waals surface area contributed by atoms with Crippen LogP contribution in [0.4, 0.5) is 0 Å². The number of hydrogen-bond donors (Lipinski definition) is 0. The van der Waals surface area contributed by atoms with Crippen LogP contribution in [0.1, 0.15) is 27.8 Å².